The van der Waals surface area contributed by atoms with E-state index in [4.69, 9.17) is 15.2 Å². The van der Waals surface area contributed by atoms with Gasteiger partial charge in [0.25, 0.3) is 0 Å². The molecule has 1 saturated heterocycles. The second-order valence-electron chi connectivity index (χ2n) is 5.58. The summed E-state index contributed by atoms with van der Waals surface area (Å²) in [4.78, 5) is 11.1. The Balaban J connectivity index is 1.63. The highest BCUT2D eigenvalue weighted by Crippen LogP contribution is 2.25. The summed E-state index contributed by atoms with van der Waals surface area (Å²) in [6.07, 6.45) is -0.958. The predicted molar refractivity (Wildman–Crippen MR) is 84.9 cm³/mol. The number of aliphatic hydroxyl groups is 1. The Bertz CT molecular complexity index is 656. The van der Waals surface area contributed by atoms with E-state index >= 15 is 0 Å². The number of nitrogens with two attached hydrogens (primary N) is 1. The number of amides is 1. The van der Waals surface area contributed by atoms with Crippen molar-refractivity contribution in [3.63, 3.8) is 0 Å². The van der Waals surface area contributed by atoms with Crippen molar-refractivity contribution >= 4 is 5.91 Å². The number of carbonyl (C=O) groups excluding carboxylic acids is 1. The molecular formula is C18H19NO4. The van der Waals surface area contributed by atoms with Gasteiger partial charge in [-0.2, -0.15) is 0 Å². The van der Waals surface area contributed by atoms with Gasteiger partial charge in [-0.25, -0.2) is 0 Å². The molecule has 3 atom stereocenters. The van der Waals surface area contributed by atoms with E-state index < -0.39 is 18.1 Å². The lowest BCUT2D eigenvalue weighted by molar-refractivity contribution is -0.126. The third-order valence-electron chi connectivity index (χ3n) is 3.89. The number of carbonyl (C=O) groups is 1. The lowest BCUT2D eigenvalue weighted by atomic mass is 10.0. The fourth-order valence-electron chi connectivity index (χ4n) is 2.63. The zero-order chi connectivity index (χ0) is 16.2. The lowest BCUT2D eigenvalue weighted by Gasteiger charge is -2.14. The van der Waals surface area contributed by atoms with Crippen molar-refractivity contribution in [2.45, 2.75) is 24.7 Å². The van der Waals surface area contributed by atoms with E-state index in [9.17, 15) is 9.90 Å². The summed E-state index contributed by atoms with van der Waals surface area (Å²) in [6.45, 7) is 0.349. The Morgan fingerprint density at radius 3 is 2.39 bits per heavy atom. The molecule has 3 N–H and O–H groups in total. The highest BCUT2D eigenvalue weighted by atomic mass is 16.6. The third kappa shape index (κ3) is 3.70. The van der Waals surface area contributed by atoms with Gasteiger partial charge in [0.2, 0.25) is 5.91 Å². The minimum absolute atomic E-state index is 0.183. The molecule has 23 heavy (non-hydrogen) atoms. The average molecular weight is 313 g/mol. The molecule has 5 nitrogen and oxygen atoms in total. The summed E-state index contributed by atoms with van der Waals surface area (Å²) in [5, 5.41) is 10.4. The second-order valence-corrected chi connectivity index (χ2v) is 5.58. The monoisotopic (exact) mass is 313 g/mol. The molecular weight excluding hydrogens is 294 g/mol. The molecule has 5 heteroatoms. The summed E-state index contributed by atoms with van der Waals surface area (Å²) in [7, 11) is 0. The van der Waals surface area contributed by atoms with Gasteiger partial charge in [-0.3, -0.25) is 4.79 Å². The van der Waals surface area contributed by atoms with Crippen LogP contribution in [0, 0.1) is 0 Å². The first-order chi connectivity index (χ1) is 11.1. The fourth-order valence-corrected chi connectivity index (χ4v) is 2.63. The number of aliphatic hydroxyl groups excluding tert-OH is 1. The molecule has 1 amide bonds. The number of hydrogen-bond donors (Lipinski definition) is 2. The zero-order valence-corrected chi connectivity index (χ0v) is 12.6. The van der Waals surface area contributed by atoms with Crippen LogP contribution in [0.15, 0.2) is 54.6 Å². The van der Waals surface area contributed by atoms with E-state index in [0.29, 0.717) is 18.8 Å². The van der Waals surface area contributed by atoms with Gasteiger partial charge in [0.15, 0.2) is 0 Å². The van der Waals surface area contributed by atoms with Crippen LogP contribution in [0.4, 0.5) is 0 Å². The third-order valence-corrected chi connectivity index (χ3v) is 3.89. The number of rotatable bonds is 5. The Labute approximate surface area is 134 Å². The molecule has 120 valence electrons. The normalized spacial score (nSPS) is 21.8. The van der Waals surface area contributed by atoms with E-state index in [-0.39, 0.29) is 6.10 Å². The van der Waals surface area contributed by atoms with Crippen LogP contribution < -0.4 is 10.5 Å². The summed E-state index contributed by atoms with van der Waals surface area (Å²) in [5.74, 6) is 0.213. The van der Waals surface area contributed by atoms with Crippen LogP contribution in [-0.2, 0) is 9.53 Å². The molecule has 3 unspecified atom stereocenters. The van der Waals surface area contributed by atoms with E-state index in [0.717, 1.165) is 11.1 Å². The predicted octanol–water partition coefficient (Wildman–Crippen LogP) is 1.79. The molecule has 2 aromatic carbocycles. The number of ether oxygens (including phenoxy) is 2. The maximum atomic E-state index is 11.1. The minimum atomic E-state index is -0.667. The van der Waals surface area contributed by atoms with E-state index in [2.05, 4.69) is 0 Å². The van der Waals surface area contributed by atoms with Gasteiger partial charge in [0, 0.05) is 6.42 Å². The molecule has 0 radical (unpaired) electrons. The topological polar surface area (TPSA) is 81.8 Å². The maximum Gasteiger partial charge on any atom is 0.246 e. The summed E-state index contributed by atoms with van der Waals surface area (Å²) < 4.78 is 11.1. The minimum Gasteiger partial charge on any atom is -0.488 e. The lowest BCUT2D eigenvalue weighted by Crippen LogP contribution is -2.28. The van der Waals surface area contributed by atoms with Gasteiger partial charge < -0.3 is 20.3 Å². The highest BCUT2D eigenvalue weighted by Gasteiger charge is 2.30. The molecule has 0 aromatic heterocycles. The number of hydrogen-bond acceptors (Lipinski definition) is 4. The molecule has 0 spiro atoms. The highest BCUT2D eigenvalue weighted by molar-refractivity contribution is 5.79. The van der Waals surface area contributed by atoms with Crippen LogP contribution in [0.5, 0.6) is 5.75 Å². The molecule has 1 aliphatic heterocycles. The average Bonchev–Trinajstić information content (AvgIpc) is 3.04. The van der Waals surface area contributed by atoms with E-state index in [1.165, 1.54) is 0 Å². The van der Waals surface area contributed by atoms with Crippen molar-refractivity contribution in [2.75, 3.05) is 6.61 Å². The van der Waals surface area contributed by atoms with Crippen molar-refractivity contribution in [3.05, 3.63) is 65.7 Å². The Morgan fingerprint density at radius 2 is 1.78 bits per heavy atom. The molecule has 1 aliphatic rings. The SMILES string of the molecule is NC(=O)C1CC(Oc2ccc(C(O)c3ccccc3)cc2)CO1. The maximum absolute atomic E-state index is 11.1. The molecule has 0 saturated carbocycles. The van der Waals surface area contributed by atoms with Crippen LogP contribution in [0.2, 0.25) is 0 Å². The summed E-state index contributed by atoms with van der Waals surface area (Å²) >= 11 is 0. The van der Waals surface area contributed by atoms with E-state index in [1.54, 1.807) is 12.1 Å². The van der Waals surface area contributed by atoms with Gasteiger partial charge in [-0.05, 0) is 23.3 Å². The van der Waals surface area contributed by atoms with Gasteiger partial charge in [-0.15, -0.1) is 0 Å². The molecule has 2 aromatic rings. The second kappa shape index (κ2) is 6.81. The van der Waals surface area contributed by atoms with Crippen LogP contribution in [0.25, 0.3) is 0 Å². The van der Waals surface area contributed by atoms with E-state index in [1.807, 2.05) is 42.5 Å². The fraction of sp³-hybridized carbons (Fsp3) is 0.278. The summed E-state index contributed by atoms with van der Waals surface area (Å²) in [6, 6.07) is 16.7. The van der Waals surface area contributed by atoms with Crippen molar-refractivity contribution < 1.29 is 19.4 Å². The molecule has 1 fully saturated rings. The number of benzene rings is 2. The Kier molecular flexibility index (Phi) is 4.60. The van der Waals surface area contributed by atoms with Crippen molar-refractivity contribution in [3.8, 4) is 5.75 Å². The molecule has 0 bridgehead atoms. The van der Waals surface area contributed by atoms with Crippen LogP contribution in [0.1, 0.15) is 23.7 Å². The first-order valence-electron chi connectivity index (χ1n) is 7.54. The molecule has 3 rings (SSSR count). The van der Waals surface area contributed by atoms with Crippen LogP contribution >= 0.6 is 0 Å². The Morgan fingerprint density at radius 1 is 1.13 bits per heavy atom. The number of primary amides is 1. The Hall–Kier alpha value is -2.37. The molecule has 0 aliphatic carbocycles. The summed E-state index contributed by atoms with van der Waals surface area (Å²) in [5.41, 5.74) is 6.85. The van der Waals surface area contributed by atoms with Gasteiger partial charge in [0.1, 0.15) is 24.1 Å². The van der Waals surface area contributed by atoms with Gasteiger partial charge >= 0.3 is 0 Å². The quantitative estimate of drug-likeness (QED) is 0.882. The molecule has 1 heterocycles. The smallest absolute Gasteiger partial charge is 0.246 e. The van der Waals surface area contributed by atoms with Crippen molar-refractivity contribution in [1.82, 2.24) is 0 Å². The van der Waals surface area contributed by atoms with Gasteiger partial charge in [0.05, 0.1) is 6.61 Å². The van der Waals surface area contributed by atoms with Crippen LogP contribution in [-0.4, -0.2) is 29.8 Å². The zero-order valence-electron chi connectivity index (χ0n) is 12.6. The van der Waals surface area contributed by atoms with Gasteiger partial charge in [-0.1, -0.05) is 42.5 Å². The first kappa shape index (κ1) is 15.5. The largest absolute Gasteiger partial charge is 0.488 e. The first-order valence-corrected chi connectivity index (χ1v) is 7.54. The standard InChI is InChI=1S/C18H19NO4/c19-18(21)16-10-15(11-22-16)23-14-8-6-13(7-9-14)17(20)12-4-2-1-3-5-12/h1-9,15-17,20H,10-11H2,(H2,19,21). The van der Waals surface area contributed by atoms with Crippen molar-refractivity contribution in [2.24, 2.45) is 5.73 Å². The van der Waals surface area contributed by atoms with Crippen molar-refractivity contribution in [1.29, 1.82) is 0 Å². The van der Waals surface area contributed by atoms with Crippen LogP contribution in [0.3, 0.4) is 0 Å².